The van der Waals surface area contributed by atoms with Gasteiger partial charge < -0.3 is 0 Å². The summed E-state index contributed by atoms with van der Waals surface area (Å²) < 4.78 is 0. The Morgan fingerprint density at radius 1 is 1.22 bits per heavy atom. The van der Waals surface area contributed by atoms with Gasteiger partial charge >= 0.3 is 0 Å². The summed E-state index contributed by atoms with van der Waals surface area (Å²) in [5, 5.41) is 1.17. The largest absolute Gasteiger partial charge is 0.271 e. The highest BCUT2D eigenvalue weighted by atomic mass is 15.2. The summed E-state index contributed by atoms with van der Waals surface area (Å²) in [5.74, 6) is 6.30. The predicted octanol–water partition coefficient (Wildman–Crippen LogP) is 3.18. The Morgan fingerprint density at radius 3 is 2.72 bits per heavy atom. The minimum absolute atomic E-state index is 0.129. The maximum atomic E-state index is 5.66. The second kappa shape index (κ2) is 5.94. The van der Waals surface area contributed by atoms with Crippen molar-refractivity contribution in [3.63, 3.8) is 0 Å². The normalized spacial score (nSPS) is 14.6. The van der Waals surface area contributed by atoms with Crippen LogP contribution in [0.1, 0.15) is 38.4 Å². The van der Waals surface area contributed by atoms with Gasteiger partial charge in [0.2, 0.25) is 0 Å². The van der Waals surface area contributed by atoms with E-state index in [4.69, 9.17) is 10.8 Å². The van der Waals surface area contributed by atoms with Gasteiger partial charge in [-0.05, 0) is 24.5 Å². The van der Waals surface area contributed by atoms with Crippen LogP contribution in [0.5, 0.6) is 0 Å². The van der Waals surface area contributed by atoms with Gasteiger partial charge in [-0.25, -0.2) is 0 Å². The molecule has 18 heavy (non-hydrogen) atoms. The highest BCUT2D eigenvalue weighted by molar-refractivity contribution is 5.78. The summed E-state index contributed by atoms with van der Waals surface area (Å²) in [6.45, 7) is 4.44. The standard InChI is InChI=1S/C15H21N3/c1-3-11(2)10-15(18-16)14-9-8-12-6-4-5-7-13(12)17-14/h4-9,11,15,18H,3,10,16H2,1-2H3. The average Bonchev–Trinajstić information content (AvgIpc) is 2.44. The maximum Gasteiger partial charge on any atom is 0.0706 e. The fraction of sp³-hybridized carbons (Fsp3) is 0.400. The average molecular weight is 243 g/mol. The molecular formula is C15H21N3. The fourth-order valence-electron chi connectivity index (χ4n) is 2.12. The lowest BCUT2D eigenvalue weighted by atomic mass is 9.97. The van der Waals surface area contributed by atoms with Crippen LogP contribution in [0.2, 0.25) is 0 Å². The van der Waals surface area contributed by atoms with Crippen LogP contribution in [0.25, 0.3) is 10.9 Å². The van der Waals surface area contributed by atoms with Crippen LogP contribution in [0, 0.1) is 5.92 Å². The summed E-state index contributed by atoms with van der Waals surface area (Å²) in [5.41, 5.74) is 4.94. The first-order valence-electron chi connectivity index (χ1n) is 6.56. The Balaban J connectivity index is 2.27. The van der Waals surface area contributed by atoms with E-state index >= 15 is 0 Å². The minimum atomic E-state index is 0.129. The molecule has 1 aromatic carbocycles. The molecule has 0 spiro atoms. The number of fused-ring (bicyclic) bond motifs is 1. The number of pyridine rings is 1. The van der Waals surface area contributed by atoms with Crippen molar-refractivity contribution in [3.8, 4) is 0 Å². The molecule has 96 valence electrons. The van der Waals surface area contributed by atoms with Gasteiger partial charge in [0, 0.05) is 5.39 Å². The van der Waals surface area contributed by atoms with Crippen molar-refractivity contribution < 1.29 is 0 Å². The van der Waals surface area contributed by atoms with Crippen molar-refractivity contribution in [1.29, 1.82) is 0 Å². The molecule has 0 bridgehead atoms. The lowest BCUT2D eigenvalue weighted by Gasteiger charge is -2.19. The Bertz CT molecular complexity index is 510. The minimum Gasteiger partial charge on any atom is -0.271 e. The molecule has 0 aliphatic rings. The number of hydrazine groups is 1. The van der Waals surface area contributed by atoms with Gasteiger partial charge in [0.25, 0.3) is 0 Å². The quantitative estimate of drug-likeness (QED) is 0.626. The fourth-order valence-corrected chi connectivity index (χ4v) is 2.12. The van der Waals surface area contributed by atoms with E-state index in [0.29, 0.717) is 5.92 Å². The van der Waals surface area contributed by atoms with E-state index in [1.54, 1.807) is 0 Å². The van der Waals surface area contributed by atoms with E-state index < -0.39 is 0 Å². The van der Waals surface area contributed by atoms with Crippen LogP contribution in [0.4, 0.5) is 0 Å². The number of hydrogen-bond donors (Lipinski definition) is 2. The third kappa shape index (κ3) is 2.86. The van der Waals surface area contributed by atoms with Gasteiger partial charge in [0.15, 0.2) is 0 Å². The van der Waals surface area contributed by atoms with Crippen molar-refractivity contribution in [2.24, 2.45) is 11.8 Å². The molecule has 3 nitrogen and oxygen atoms in total. The lowest BCUT2D eigenvalue weighted by Crippen LogP contribution is -2.30. The number of nitrogens with zero attached hydrogens (tertiary/aromatic N) is 1. The third-order valence-corrected chi connectivity index (χ3v) is 3.51. The predicted molar refractivity (Wildman–Crippen MR) is 75.9 cm³/mol. The van der Waals surface area contributed by atoms with Crippen molar-refractivity contribution in [1.82, 2.24) is 10.4 Å². The molecule has 2 aromatic rings. The number of para-hydroxylation sites is 1. The summed E-state index contributed by atoms with van der Waals surface area (Å²) >= 11 is 0. The Labute approximate surface area is 108 Å². The molecule has 0 radical (unpaired) electrons. The van der Waals surface area contributed by atoms with E-state index in [9.17, 15) is 0 Å². The van der Waals surface area contributed by atoms with E-state index in [-0.39, 0.29) is 6.04 Å². The van der Waals surface area contributed by atoms with Crippen molar-refractivity contribution in [2.75, 3.05) is 0 Å². The molecule has 1 heterocycles. The monoisotopic (exact) mass is 243 g/mol. The number of nitrogens with two attached hydrogens (primary N) is 1. The van der Waals surface area contributed by atoms with Crippen molar-refractivity contribution >= 4 is 10.9 Å². The highest BCUT2D eigenvalue weighted by Gasteiger charge is 2.14. The molecule has 0 amide bonds. The molecular weight excluding hydrogens is 222 g/mol. The Morgan fingerprint density at radius 2 is 2.00 bits per heavy atom. The molecule has 1 aromatic heterocycles. The van der Waals surface area contributed by atoms with Crippen molar-refractivity contribution in [2.45, 2.75) is 32.7 Å². The van der Waals surface area contributed by atoms with Gasteiger partial charge in [-0.3, -0.25) is 16.3 Å². The molecule has 0 aliphatic heterocycles. The van der Waals surface area contributed by atoms with Gasteiger partial charge in [-0.1, -0.05) is 44.5 Å². The van der Waals surface area contributed by atoms with E-state index in [0.717, 1.165) is 24.1 Å². The number of rotatable bonds is 5. The maximum absolute atomic E-state index is 5.66. The van der Waals surface area contributed by atoms with Crippen LogP contribution in [0.15, 0.2) is 36.4 Å². The molecule has 2 atom stereocenters. The van der Waals surface area contributed by atoms with Gasteiger partial charge in [0.05, 0.1) is 17.3 Å². The zero-order chi connectivity index (χ0) is 13.0. The first-order valence-corrected chi connectivity index (χ1v) is 6.56. The molecule has 0 saturated heterocycles. The number of aromatic nitrogens is 1. The molecule has 0 fully saturated rings. The number of benzene rings is 1. The van der Waals surface area contributed by atoms with E-state index in [2.05, 4.69) is 37.5 Å². The topological polar surface area (TPSA) is 50.9 Å². The summed E-state index contributed by atoms with van der Waals surface area (Å²) in [4.78, 5) is 4.69. The Hall–Kier alpha value is -1.45. The van der Waals surface area contributed by atoms with Crippen LogP contribution in [-0.4, -0.2) is 4.98 Å². The molecule has 2 rings (SSSR count). The number of nitrogens with one attached hydrogen (secondary N) is 1. The zero-order valence-electron chi connectivity index (χ0n) is 11.1. The van der Waals surface area contributed by atoms with Crippen LogP contribution in [-0.2, 0) is 0 Å². The third-order valence-electron chi connectivity index (χ3n) is 3.51. The summed E-state index contributed by atoms with van der Waals surface area (Å²) in [6, 6.07) is 12.5. The summed E-state index contributed by atoms with van der Waals surface area (Å²) in [7, 11) is 0. The summed E-state index contributed by atoms with van der Waals surface area (Å²) in [6.07, 6.45) is 2.17. The first kappa shape index (κ1) is 13.0. The highest BCUT2D eigenvalue weighted by Crippen LogP contribution is 2.22. The van der Waals surface area contributed by atoms with Gasteiger partial charge in [-0.15, -0.1) is 0 Å². The number of hydrogen-bond acceptors (Lipinski definition) is 3. The molecule has 3 N–H and O–H groups in total. The second-order valence-corrected chi connectivity index (χ2v) is 4.90. The second-order valence-electron chi connectivity index (χ2n) is 4.90. The van der Waals surface area contributed by atoms with Crippen LogP contribution < -0.4 is 11.3 Å². The van der Waals surface area contributed by atoms with Crippen LogP contribution in [0.3, 0.4) is 0 Å². The lowest BCUT2D eigenvalue weighted by molar-refractivity contribution is 0.402. The molecule has 3 heteroatoms. The zero-order valence-corrected chi connectivity index (χ0v) is 11.1. The van der Waals surface area contributed by atoms with Crippen molar-refractivity contribution in [3.05, 3.63) is 42.1 Å². The van der Waals surface area contributed by atoms with Gasteiger partial charge in [-0.2, -0.15) is 0 Å². The van der Waals surface area contributed by atoms with E-state index in [1.807, 2.05) is 18.2 Å². The van der Waals surface area contributed by atoms with E-state index in [1.165, 1.54) is 5.39 Å². The van der Waals surface area contributed by atoms with Gasteiger partial charge in [0.1, 0.15) is 0 Å². The molecule has 0 saturated carbocycles. The molecule has 2 unspecified atom stereocenters. The smallest absolute Gasteiger partial charge is 0.0706 e. The first-order chi connectivity index (χ1) is 8.74. The Kier molecular flexibility index (Phi) is 4.28. The molecule has 0 aliphatic carbocycles. The SMILES string of the molecule is CCC(C)CC(NN)c1ccc2ccccc2n1. The van der Waals surface area contributed by atoms with Crippen LogP contribution >= 0.6 is 0 Å².